The zero-order chi connectivity index (χ0) is 27.3. The van der Waals surface area contributed by atoms with E-state index in [4.69, 9.17) is 0 Å². The molecule has 8 heteroatoms. The summed E-state index contributed by atoms with van der Waals surface area (Å²) in [6, 6.07) is 6.36. The zero-order valence-electron chi connectivity index (χ0n) is 22.4. The Kier molecular flexibility index (Phi) is 11.2. The minimum atomic E-state index is -4.43. The summed E-state index contributed by atoms with van der Waals surface area (Å²) in [5.41, 5.74) is 5.41. The molecule has 0 spiro atoms. The van der Waals surface area contributed by atoms with Crippen LogP contribution in [0.2, 0.25) is 0 Å². The van der Waals surface area contributed by atoms with E-state index in [1.165, 1.54) is 17.7 Å². The Balaban J connectivity index is 0.000000400. The highest BCUT2D eigenvalue weighted by Gasteiger charge is 2.19. The van der Waals surface area contributed by atoms with E-state index in [2.05, 4.69) is 41.5 Å². The number of benzene rings is 2. The van der Waals surface area contributed by atoms with Gasteiger partial charge >= 0.3 is 0 Å². The van der Waals surface area contributed by atoms with Crippen LogP contribution in [0.5, 0.6) is 0 Å². The molecule has 0 aromatic heterocycles. The highest BCUT2D eigenvalue weighted by molar-refractivity contribution is 7.86. The van der Waals surface area contributed by atoms with Gasteiger partial charge in [0, 0.05) is 0 Å². The topological polar surface area (TPSA) is 114 Å². The molecule has 2 rings (SSSR count). The summed E-state index contributed by atoms with van der Waals surface area (Å²) >= 11 is 0. The summed E-state index contributed by atoms with van der Waals surface area (Å²) in [5, 5.41) is 0. The summed E-state index contributed by atoms with van der Waals surface area (Å²) in [6.45, 7) is 18.0. The first-order chi connectivity index (χ1) is 15.9. The Morgan fingerprint density at radius 1 is 0.600 bits per heavy atom. The zero-order valence-corrected chi connectivity index (χ0v) is 24.1. The summed E-state index contributed by atoms with van der Waals surface area (Å²) < 4.78 is 67.2. The molecule has 0 aliphatic carbocycles. The van der Waals surface area contributed by atoms with E-state index < -0.39 is 20.2 Å². The maximum atomic E-state index is 11.7. The van der Waals surface area contributed by atoms with Crippen LogP contribution in [0.15, 0.2) is 34.1 Å². The van der Waals surface area contributed by atoms with E-state index in [0.717, 1.165) is 35.1 Å². The van der Waals surface area contributed by atoms with Gasteiger partial charge in [0.1, 0.15) is 20.2 Å². The lowest BCUT2D eigenvalue weighted by atomic mass is 9.86. The molecule has 0 saturated carbocycles. The molecule has 2 aromatic rings. The van der Waals surface area contributed by atoms with Crippen molar-refractivity contribution in [2.24, 2.45) is 17.8 Å². The van der Waals surface area contributed by atoms with Crippen molar-refractivity contribution in [3.63, 3.8) is 0 Å². The molecule has 0 bridgehead atoms. The lowest BCUT2D eigenvalue weighted by molar-refractivity contribution is 0.459. The predicted octanol–water partition coefficient (Wildman–Crippen LogP) is 5.70. The molecular weight excluding hydrogens is 484 g/mol. The van der Waals surface area contributed by atoms with Gasteiger partial charge in [-0.15, -0.1) is 0 Å². The quantitative estimate of drug-likeness (QED) is 0.409. The maximum Gasteiger partial charge on any atom is 0.124 e. The van der Waals surface area contributed by atoms with Crippen molar-refractivity contribution in [2.45, 2.75) is 91.4 Å². The minimum absolute atomic E-state index is 0.0237. The van der Waals surface area contributed by atoms with E-state index in [1.54, 1.807) is 19.9 Å². The Labute approximate surface area is 212 Å². The molecule has 6 nitrogen and oxygen atoms in total. The first kappa shape index (κ1) is 31.3. The molecular formula is C27H40O6S2-2. The van der Waals surface area contributed by atoms with E-state index in [0.29, 0.717) is 29.7 Å². The predicted molar refractivity (Wildman–Crippen MR) is 139 cm³/mol. The molecule has 35 heavy (non-hydrogen) atoms. The van der Waals surface area contributed by atoms with Crippen molar-refractivity contribution in [3.8, 4) is 0 Å². The van der Waals surface area contributed by atoms with Gasteiger partial charge in [-0.1, -0.05) is 53.7 Å². The van der Waals surface area contributed by atoms with Crippen LogP contribution in [0.25, 0.3) is 0 Å². The lowest BCUT2D eigenvalue weighted by Crippen LogP contribution is -2.14. The molecule has 0 saturated heterocycles. The maximum absolute atomic E-state index is 11.7. The second-order valence-electron chi connectivity index (χ2n) is 10.5. The van der Waals surface area contributed by atoms with Crippen molar-refractivity contribution < 1.29 is 25.9 Å². The van der Waals surface area contributed by atoms with Gasteiger partial charge in [-0.25, -0.2) is 16.8 Å². The molecule has 0 unspecified atom stereocenters. The smallest absolute Gasteiger partial charge is 0.124 e. The molecule has 0 aliphatic heterocycles. The fraction of sp³-hybridized carbons (Fsp3) is 0.556. The van der Waals surface area contributed by atoms with Gasteiger partial charge < -0.3 is 9.11 Å². The highest BCUT2D eigenvalue weighted by Crippen LogP contribution is 2.29. The second kappa shape index (κ2) is 12.5. The minimum Gasteiger partial charge on any atom is -0.744 e. The van der Waals surface area contributed by atoms with Gasteiger partial charge in [0.05, 0.1) is 9.79 Å². The van der Waals surface area contributed by atoms with E-state index in [1.807, 2.05) is 13.0 Å². The molecule has 0 N–H and O–H groups in total. The van der Waals surface area contributed by atoms with Crippen LogP contribution in [0.4, 0.5) is 0 Å². The van der Waals surface area contributed by atoms with Crippen molar-refractivity contribution in [3.05, 3.63) is 57.6 Å². The van der Waals surface area contributed by atoms with Gasteiger partial charge in [0.25, 0.3) is 0 Å². The highest BCUT2D eigenvalue weighted by atomic mass is 32.2. The van der Waals surface area contributed by atoms with Gasteiger partial charge in [-0.2, -0.15) is 0 Å². The average Bonchev–Trinajstić information content (AvgIpc) is 2.66. The Morgan fingerprint density at radius 2 is 1.03 bits per heavy atom. The summed E-state index contributed by atoms with van der Waals surface area (Å²) in [7, 11) is -8.76. The monoisotopic (exact) mass is 524 g/mol. The molecule has 2 aromatic carbocycles. The van der Waals surface area contributed by atoms with Gasteiger partial charge in [0.15, 0.2) is 0 Å². The van der Waals surface area contributed by atoms with Crippen LogP contribution in [-0.2, 0) is 39.5 Å². The molecule has 0 aliphatic rings. The standard InChI is InChI=1S/C18H30O3S.C9H12O3S/c1-12(2)9-15-7-8-18(22(19,20)21)17(11-14(5)6)16(15)10-13(3)4;1-6-4-5-9(13(10,11)12)8(3)7(6)2/h7-8,12-14H,9-11H2,1-6H3,(H,19,20,21);4-5H,1-3H3,(H,10,11,12)/p-2. The third-order valence-electron chi connectivity index (χ3n) is 5.89. The lowest BCUT2D eigenvalue weighted by Gasteiger charge is -2.23. The number of aryl methyl sites for hydroxylation is 1. The fourth-order valence-corrected chi connectivity index (χ4v) is 5.59. The first-order valence-electron chi connectivity index (χ1n) is 12.0. The van der Waals surface area contributed by atoms with Crippen LogP contribution in [-0.4, -0.2) is 25.9 Å². The molecule has 0 atom stereocenters. The number of rotatable bonds is 8. The third kappa shape index (κ3) is 9.33. The van der Waals surface area contributed by atoms with Crippen LogP contribution >= 0.6 is 0 Å². The summed E-state index contributed by atoms with van der Waals surface area (Å²) in [6.07, 6.45) is 2.35. The first-order valence-corrected chi connectivity index (χ1v) is 14.8. The number of hydrogen-bond donors (Lipinski definition) is 0. The van der Waals surface area contributed by atoms with Crippen LogP contribution in [0.3, 0.4) is 0 Å². The van der Waals surface area contributed by atoms with Gasteiger partial charge in [0.2, 0.25) is 0 Å². The van der Waals surface area contributed by atoms with Crippen LogP contribution < -0.4 is 0 Å². The molecule has 0 fully saturated rings. The third-order valence-corrected chi connectivity index (χ3v) is 7.79. The molecule has 0 radical (unpaired) electrons. The molecule has 0 heterocycles. The summed E-state index contributed by atoms with van der Waals surface area (Å²) in [4.78, 5) is -0.139. The largest absolute Gasteiger partial charge is 0.744 e. The Hall–Kier alpha value is -1.74. The summed E-state index contributed by atoms with van der Waals surface area (Å²) in [5.74, 6) is 1.22. The molecule has 0 amide bonds. The van der Waals surface area contributed by atoms with Crippen molar-refractivity contribution in [1.82, 2.24) is 0 Å². The van der Waals surface area contributed by atoms with Crippen LogP contribution in [0.1, 0.15) is 74.9 Å². The van der Waals surface area contributed by atoms with E-state index in [9.17, 15) is 25.9 Å². The van der Waals surface area contributed by atoms with E-state index >= 15 is 0 Å². The van der Waals surface area contributed by atoms with Gasteiger partial charge in [-0.3, -0.25) is 0 Å². The van der Waals surface area contributed by atoms with Crippen molar-refractivity contribution in [2.75, 3.05) is 0 Å². The van der Waals surface area contributed by atoms with Crippen molar-refractivity contribution >= 4 is 20.2 Å². The van der Waals surface area contributed by atoms with E-state index in [-0.39, 0.29) is 9.79 Å². The Bertz CT molecular complexity index is 1220. The number of hydrogen-bond acceptors (Lipinski definition) is 6. The van der Waals surface area contributed by atoms with Crippen LogP contribution in [0, 0.1) is 38.5 Å². The Morgan fingerprint density at radius 3 is 1.46 bits per heavy atom. The average molecular weight is 525 g/mol. The SMILES string of the molecule is CC(C)Cc1ccc(S(=O)(=O)[O-])c(CC(C)C)c1CC(C)C.Cc1ccc(S(=O)(=O)[O-])c(C)c1C. The second-order valence-corrected chi connectivity index (χ2v) is 13.2. The normalized spacial score (nSPS) is 12.3. The van der Waals surface area contributed by atoms with Gasteiger partial charge in [-0.05, 0) is 103 Å². The molecule has 198 valence electrons. The van der Waals surface area contributed by atoms with Crippen molar-refractivity contribution in [1.29, 1.82) is 0 Å². The fourth-order valence-electron chi connectivity index (χ4n) is 4.08.